The lowest BCUT2D eigenvalue weighted by Gasteiger charge is -2.34. The van der Waals surface area contributed by atoms with Gasteiger partial charge in [0.05, 0.1) is 31.0 Å². The summed E-state index contributed by atoms with van der Waals surface area (Å²) >= 11 is 6.28. The maximum Gasteiger partial charge on any atom is 0.236 e. The number of aromatic nitrogens is 3. The summed E-state index contributed by atoms with van der Waals surface area (Å²) in [6.07, 6.45) is 3.82. The Morgan fingerprint density at radius 2 is 1.93 bits per heavy atom. The van der Waals surface area contributed by atoms with Crippen LogP contribution in [-0.4, -0.2) is 75.9 Å². The van der Waals surface area contributed by atoms with Gasteiger partial charge in [-0.15, -0.1) is 0 Å². The number of hydrogen-bond donors (Lipinski definition) is 2. The van der Waals surface area contributed by atoms with Gasteiger partial charge in [-0.3, -0.25) is 9.30 Å². The Morgan fingerprint density at radius 3 is 2.62 bits per heavy atom. The minimum atomic E-state index is -0.145. The average Bonchev–Trinajstić information content (AvgIpc) is 3.17. The third-order valence-electron chi connectivity index (χ3n) is 5.25. The first-order valence-corrected chi connectivity index (χ1v) is 9.92. The average molecular weight is 418 g/mol. The Kier molecular flexibility index (Phi) is 5.86. The monoisotopic (exact) mass is 417 g/mol. The van der Waals surface area contributed by atoms with Crippen LogP contribution in [0.2, 0.25) is 5.02 Å². The molecule has 1 saturated heterocycles. The summed E-state index contributed by atoms with van der Waals surface area (Å²) in [7, 11) is 1.54. The molecule has 9 heteroatoms. The van der Waals surface area contributed by atoms with Crippen LogP contribution in [-0.2, 0) is 6.61 Å². The van der Waals surface area contributed by atoms with Crippen LogP contribution >= 0.6 is 11.6 Å². The lowest BCUT2D eigenvalue weighted by molar-refractivity contribution is 0.188. The Balaban J connectivity index is 1.62. The molecule has 1 fully saturated rings. The van der Waals surface area contributed by atoms with Gasteiger partial charge >= 0.3 is 0 Å². The molecule has 0 spiro atoms. The van der Waals surface area contributed by atoms with Crippen molar-refractivity contribution in [1.29, 1.82) is 0 Å². The highest BCUT2D eigenvalue weighted by Gasteiger charge is 2.19. The molecule has 0 unspecified atom stereocenters. The number of methoxy groups -OCH3 is 1. The summed E-state index contributed by atoms with van der Waals surface area (Å²) in [5.41, 5.74) is 2.13. The van der Waals surface area contributed by atoms with Crippen molar-refractivity contribution in [1.82, 2.24) is 19.3 Å². The van der Waals surface area contributed by atoms with Gasteiger partial charge in [0.1, 0.15) is 11.6 Å². The summed E-state index contributed by atoms with van der Waals surface area (Å²) in [4.78, 5) is 13.8. The second-order valence-electron chi connectivity index (χ2n) is 6.97. The zero-order valence-corrected chi connectivity index (χ0v) is 17.0. The summed E-state index contributed by atoms with van der Waals surface area (Å²) < 4.78 is 7.10. The molecule has 1 aromatic carbocycles. The minimum absolute atomic E-state index is 0.145. The van der Waals surface area contributed by atoms with Crippen molar-refractivity contribution in [3.63, 3.8) is 0 Å². The van der Waals surface area contributed by atoms with E-state index in [1.807, 2.05) is 22.9 Å². The quantitative estimate of drug-likeness (QED) is 0.630. The number of imidazole rings is 1. The van der Waals surface area contributed by atoms with Gasteiger partial charge in [-0.25, -0.2) is 4.98 Å². The van der Waals surface area contributed by atoms with E-state index in [1.54, 1.807) is 19.2 Å². The molecule has 4 rings (SSSR count). The Labute approximate surface area is 173 Å². The van der Waals surface area contributed by atoms with Crippen LogP contribution in [0.5, 0.6) is 5.75 Å². The molecule has 0 radical (unpaired) electrons. The molecule has 0 bridgehead atoms. The van der Waals surface area contributed by atoms with Crippen molar-refractivity contribution in [2.75, 3.05) is 51.3 Å². The normalized spacial score (nSPS) is 15.2. The van der Waals surface area contributed by atoms with Gasteiger partial charge in [-0.1, -0.05) is 11.6 Å². The molecule has 1 aliphatic heterocycles. The standard InChI is InChI=1S/C20H24ClN5O3/c1-29-18-10-14(13-28)15(11-16(18)21)17-12-26-3-2-19(23-20(26)22-17)25-6-4-24(5-7-25)8-9-27/h2-3,10-12,27-28H,4-9,13H2,1H3. The lowest BCUT2D eigenvalue weighted by atomic mass is 10.1. The summed E-state index contributed by atoms with van der Waals surface area (Å²) in [5, 5.41) is 19.3. The number of β-amino-alcohol motifs (C(OH)–C–C–N with tert-alkyl or cyclic N) is 1. The molecule has 154 valence electrons. The predicted octanol–water partition coefficient (Wildman–Crippen LogP) is 1.66. The predicted molar refractivity (Wildman–Crippen MR) is 112 cm³/mol. The lowest BCUT2D eigenvalue weighted by Crippen LogP contribution is -2.47. The SMILES string of the molecule is COc1cc(CO)c(-c2cn3ccc(N4CCN(CCO)CC4)nc3n2)cc1Cl. The number of aliphatic hydroxyl groups is 2. The molecule has 8 nitrogen and oxygen atoms in total. The molecule has 1 aliphatic rings. The van der Waals surface area contributed by atoms with Crippen molar-refractivity contribution in [2.24, 2.45) is 0 Å². The third kappa shape index (κ3) is 4.02. The highest BCUT2D eigenvalue weighted by atomic mass is 35.5. The first-order chi connectivity index (χ1) is 14.1. The third-order valence-corrected chi connectivity index (χ3v) is 5.54. The molecule has 3 aromatic rings. The first-order valence-electron chi connectivity index (χ1n) is 9.54. The van der Waals surface area contributed by atoms with Gasteiger partial charge in [0.25, 0.3) is 0 Å². The van der Waals surface area contributed by atoms with Crippen molar-refractivity contribution in [2.45, 2.75) is 6.61 Å². The van der Waals surface area contributed by atoms with Crippen molar-refractivity contribution >= 4 is 23.2 Å². The molecule has 0 amide bonds. The molecule has 2 aromatic heterocycles. The number of hydrogen-bond acceptors (Lipinski definition) is 7. The van der Waals surface area contributed by atoms with Crippen LogP contribution < -0.4 is 9.64 Å². The van der Waals surface area contributed by atoms with Gasteiger partial charge in [0.2, 0.25) is 5.78 Å². The summed E-state index contributed by atoms with van der Waals surface area (Å²) in [5.74, 6) is 1.99. The summed E-state index contributed by atoms with van der Waals surface area (Å²) in [6, 6.07) is 5.47. The van der Waals surface area contributed by atoms with Crippen molar-refractivity contribution in [3.8, 4) is 17.0 Å². The molecule has 0 saturated carbocycles. The Bertz CT molecular complexity index is 1000. The van der Waals surface area contributed by atoms with Crippen LogP contribution in [0.4, 0.5) is 5.82 Å². The topological polar surface area (TPSA) is 86.4 Å². The van der Waals surface area contributed by atoms with Crippen LogP contribution in [0, 0.1) is 0 Å². The molecule has 0 atom stereocenters. The van der Waals surface area contributed by atoms with E-state index in [1.165, 1.54) is 0 Å². The van der Waals surface area contributed by atoms with Gasteiger partial charge in [0.15, 0.2) is 0 Å². The Hall–Kier alpha value is -2.39. The fraction of sp³-hybridized carbons (Fsp3) is 0.400. The number of piperazine rings is 1. The molecule has 0 aliphatic carbocycles. The molecular weight excluding hydrogens is 394 g/mol. The second-order valence-corrected chi connectivity index (χ2v) is 7.38. The number of halogens is 1. The molecule has 29 heavy (non-hydrogen) atoms. The van der Waals surface area contributed by atoms with Crippen molar-refractivity contribution in [3.05, 3.63) is 41.2 Å². The van der Waals surface area contributed by atoms with Gasteiger partial charge in [-0.05, 0) is 23.8 Å². The largest absolute Gasteiger partial charge is 0.495 e. The summed E-state index contributed by atoms with van der Waals surface area (Å²) in [6.45, 7) is 4.27. The number of nitrogens with zero attached hydrogens (tertiary/aromatic N) is 5. The zero-order valence-electron chi connectivity index (χ0n) is 16.3. The molecule has 3 heterocycles. The number of fused-ring (bicyclic) bond motifs is 1. The number of aliphatic hydroxyl groups excluding tert-OH is 2. The van der Waals surface area contributed by atoms with E-state index in [4.69, 9.17) is 26.4 Å². The van der Waals surface area contributed by atoms with Gasteiger partial charge < -0.3 is 19.8 Å². The Morgan fingerprint density at radius 1 is 1.14 bits per heavy atom. The maximum atomic E-state index is 9.76. The number of benzene rings is 1. The van der Waals surface area contributed by atoms with Gasteiger partial charge in [0, 0.05) is 50.7 Å². The smallest absolute Gasteiger partial charge is 0.236 e. The van der Waals surface area contributed by atoms with Crippen molar-refractivity contribution < 1.29 is 14.9 Å². The molecule has 2 N–H and O–H groups in total. The fourth-order valence-corrected chi connectivity index (χ4v) is 3.87. The van der Waals surface area contributed by atoms with Crippen LogP contribution in [0.1, 0.15) is 5.56 Å². The molecular formula is C20H24ClN5O3. The highest BCUT2D eigenvalue weighted by Crippen LogP contribution is 2.33. The van der Waals surface area contributed by atoms with E-state index in [0.29, 0.717) is 34.4 Å². The van der Waals surface area contributed by atoms with E-state index in [2.05, 4.69) is 14.8 Å². The highest BCUT2D eigenvalue weighted by molar-refractivity contribution is 6.32. The fourth-order valence-electron chi connectivity index (χ4n) is 3.63. The number of rotatable bonds is 6. The zero-order chi connectivity index (χ0) is 20.4. The number of anilines is 1. The van der Waals surface area contributed by atoms with E-state index < -0.39 is 0 Å². The minimum Gasteiger partial charge on any atom is -0.495 e. The second kappa shape index (κ2) is 8.54. The maximum absolute atomic E-state index is 9.76. The van der Waals surface area contributed by atoms with E-state index in [9.17, 15) is 5.11 Å². The van der Waals surface area contributed by atoms with E-state index in [-0.39, 0.29) is 13.2 Å². The van der Waals surface area contributed by atoms with Crippen LogP contribution in [0.15, 0.2) is 30.6 Å². The van der Waals surface area contributed by atoms with Crippen LogP contribution in [0.3, 0.4) is 0 Å². The van der Waals surface area contributed by atoms with E-state index >= 15 is 0 Å². The van der Waals surface area contributed by atoms with Crippen LogP contribution in [0.25, 0.3) is 17.0 Å². The van der Waals surface area contributed by atoms with E-state index in [0.717, 1.165) is 37.6 Å². The van der Waals surface area contributed by atoms with Gasteiger partial charge in [-0.2, -0.15) is 4.98 Å². The number of ether oxygens (including phenoxy) is 1. The first kappa shape index (κ1) is 19.9.